The van der Waals surface area contributed by atoms with Crippen LogP contribution in [-0.4, -0.2) is 86.3 Å². The first-order valence-electron chi connectivity index (χ1n) is 18.0. The van der Waals surface area contributed by atoms with Gasteiger partial charge in [0.25, 0.3) is 0 Å². The maximum Gasteiger partial charge on any atom is 0.326 e. The van der Waals surface area contributed by atoms with E-state index < -0.39 is 20.9 Å². The number of aliphatic imine (C=N–C) groups is 1. The van der Waals surface area contributed by atoms with Gasteiger partial charge >= 0.3 is 6.03 Å². The van der Waals surface area contributed by atoms with Gasteiger partial charge in [0, 0.05) is 42.5 Å². The third-order valence-electron chi connectivity index (χ3n) is 10.5. The Balaban J connectivity index is 1.71. The summed E-state index contributed by atoms with van der Waals surface area (Å²) < 4.78 is 29.9. The topological polar surface area (TPSA) is 82.5 Å². The number of hydrogen-bond acceptors (Lipinski definition) is 6. The van der Waals surface area contributed by atoms with Gasteiger partial charge in [-0.3, -0.25) is 14.8 Å². The monoisotopic (exact) mass is 754 g/mol. The third kappa shape index (κ3) is 7.82. The maximum atomic E-state index is 15.4. The molecule has 8 nitrogen and oxygen atoms in total. The van der Waals surface area contributed by atoms with Crippen LogP contribution in [0.1, 0.15) is 83.1 Å². The number of carbonyl (C=O) groups is 1. The smallest absolute Gasteiger partial charge is 0.326 e. The highest BCUT2D eigenvalue weighted by Gasteiger charge is 2.63. The standard InChI is InChI=1S/C40H52Cl2N4O4S/c1-8-39(29-12-17-32(41)18-13-29)40(9-2,30-14-19-33(42)20-15-30)46(37(47)45-25-23-44(24-26-45)22-11-27-51(7,48)49)36(43-39)34-21-16-31(38(4,5)6)28-35(34)50-10-3/h12-21,28H,8-11,22-27H2,1-7H3. The number of piperazine rings is 1. The lowest BCUT2D eigenvalue weighted by Gasteiger charge is -2.50. The van der Waals surface area contributed by atoms with Crippen molar-refractivity contribution in [1.82, 2.24) is 14.7 Å². The molecule has 0 saturated carbocycles. The van der Waals surface area contributed by atoms with Crippen molar-refractivity contribution < 1.29 is 17.9 Å². The quantitative estimate of drug-likeness (QED) is 0.196. The van der Waals surface area contributed by atoms with Crippen molar-refractivity contribution in [2.24, 2.45) is 4.99 Å². The predicted molar refractivity (Wildman–Crippen MR) is 209 cm³/mol. The van der Waals surface area contributed by atoms with Crippen LogP contribution in [0.3, 0.4) is 0 Å². The van der Waals surface area contributed by atoms with Crippen LogP contribution in [-0.2, 0) is 26.3 Å². The van der Waals surface area contributed by atoms with Gasteiger partial charge in [0.2, 0.25) is 0 Å². The molecule has 3 aromatic carbocycles. The highest BCUT2D eigenvalue weighted by atomic mass is 35.5. The molecule has 2 aliphatic rings. The minimum absolute atomic E-state index is 0.120. The predicted octanol–water partition coefficient (Wildman–Crippen LogP) is 8.54. The van der Waals surface area contributed by atoms with E-state index in [1.807, 2.05) is 65.3 Å². The van der Waals surface area contributed by atoms with E-state index in [9.17, 15) is 8.42 Å². The van der Waals surface area contributed by atoms with Crippen molar-refractivity contribution in [2.75, 3.05) is 51.3 Å². The normalized spacial score (nSPS) is 21.5. The number of amidine groups is 1. The molecular formula is C40H52Cl2N4O4S. The fourth-order valence-corrected chi connectivity index (χ4v) is 8.68. The minimum atomic E-state index is -3.03. The molecule has 2 atom stereocenters. The minimum Gasteiger partial charge on any atom is -0.493 e. The Morgan fingerprint density at radius 3 is 1.96 bits per heavy atom. The number of amides is 2. The van der Waals surface area contributed by atoms with Crippen molar-refractivity contribution in [3.8, 4) is 5.75 Å². The molecule has 276 valence electrons. The van der Waals surface area contributed by atoms with Gasteiger partial charge in [-0.15, -0.1) is 0 Å². The molecule has 2 amide bonds. The highest BCUT2D eigenvalue weighted by Crippen LogP contribution is 2.58. The number of halogens is 2. The lowest BCUT2D eigenvalue weighted by molar-refractivity contribution is 0.0680. The second-order valence-corrected chi connectivity index (χ2v) is 17.8. The Hall–Kier alpha value is -3.11. The summed E-state index contributed by atoms with van der Waals surface area (Å²) in [5.74, 6) is 1.40. The molecule has 2 unspecified atom stereocenters. The lowest BCUT2D eigenvalue weighted by atomic mass is 9.65. The van der Waals surface area contributed by atoms with Crippen molar-refractivity contribution in [1.29, 1.82) is 0 Å². The first kappa shape index (κ1) is 39.1. The maximum absolute atomic E-state index is 15.4. The number of carbonyl (C=O) groups excluding carboxylic acids is 1. The average molecular weight is 756 g/mol. The number of nitrogens with zero attached hydrogens (tertiary/aromatic N) is 4. The molecule has 0 aliphatic carbocycles. The zero-order chi connectivity index (χ0) is 37.2. The molecule has 0 radical (unpaired) electrons. The Morgan fingerprint density at radius 1 is 0.863 bits per heavy atom. The zero-order valence-corrected chi connectivity index (χ0v) is 33.3. The number of urea groups is 1. The Morgan fingerprint density at radius 2 is 1.45 bits per heavy atom. The van der Waals surface area contributed by atoms with Crippen molar-refractivity contribution in [3.05, 3.63) is 99.0 Å². The molecule has 1 fully saturated rings. The van der Waals surface area contributed by atoms with E-state index in [1.54, 1.807) is 0 Å². The largest absolute Gasteiger partial charge is 0.493 e. The first-order chi connectivity index (χ1) is 24.1. The highest BCUT2D eigenvalue weighted by molar-refractivity contribution is 7.90. The van der Waals surface area contributed by atoms with Crippen LogP contribution in [0.25, 0.3) is 0 Å². The van der Waals surface area contributed by atoms with Crippen LogP contribution in [0.4, 0.5) is 4.79 Å². The van der Waals surface area contributed by atoms with Crippen LogP contribution in [0, 0.1) is 0 Å². The van der Waals surface area contributed by atoms with Crippen LogP contribution < -0.4 is 4.74 Å². The Labute approximate surface area is 314 Å². The molecular weight excluding hydrogens is 703 g/mol. The molecule has 1 saturated heterocycles. The van der Waals surface area contributed by atoms with E-state index in [1.165, 1.54) is 6.26 Å². The average Bonchev–Trinajstić information content (AvgIpc) is 3.40. The van der Waals surface area contributed by atoms with Gasteiger partial charge in [-0.25, -0.2) is 13.2 Å². The summed E-state index contributed by atoms with van der Waals surface area (Å²) in [4.78, 5) is 27.2. The molecule has 3 aromatic rings. The molecule has 2 aliphatic heterocycles. The molecule has 51 heavy (non-hydrogen) atoms. The van der Waals surface area contributed by atoms with Gasteiger partial charge in [-0.05, 0) is 91.2 Å². The number of sulfone groups is 1. The summed E-state index contributed by atoms with van der Waals surface area (Å²) >= 11 is 12.9. The molecule has 0 bridgehead atoms. The summed E-state index contributed by atoms with van der Waals surface area (Å²) in [6, 6.07) is 21.8. The summed E-state index contributed by atoms with van der Waals surface area (Å²) in [5, 5.41) is 1.23. The number of rotatable bonds is 11. The van der Waals surface area contributed by atoms with E-state index >= 15 is 4.79 Å². The Bertz CT molecular complexity index is 1840. The molecule has 2 heterocycles. The first-order valence-corrected chi connectivity index (χ1v) is 20.8. The van der Waals surface area contributed by atoms with E-state index in [-0.39, 0.29) is 17.2 Å². The third-order valence-corrected chi connectivity index (χ3v) is 12.0. The summed E-state index contributed by atoms with van der Waals surface area (Å²) in [6.07, 6.45) is 2.99. The van der Waals surface area contributed by atoms with Gasteiger partial charge in [0.05, 0.1) is 17.9 Å². The van der Waals surface area contributed by atoms with Crippen molar-refractivity contribution in [2.45, 2.75) is 77.3 Å². The molecule has 0 N–H and O–H groups in total. The SMILES string of the molecule is CCOc1cc(C(C)(C)C)ccc1C1=NC(CC)(c2ccc(Cl)cc2)C(CC)(c2ccc(Cl)cc2)N1C(=O)N1CCN(CCCS(C)(=O)=O)CC1. The van der Waals surface area contributed by atoms with E-state index in [0.29, 0.717) is 80.2 Å². The molecule has 0 aromatic heterocycles. The Kier molecular flexibility index (Phi) is 11.9. The van der Waals surface area contributed by atoms with Crippen molar-refractivity contribution in [3.63, 3.8) is 0 Å². The van der Waals surface area contributed by atoms with E-state index in [4.69, 9.17) is 32.9 Å². The van der Waals surface area contributed by atoms with Gasteiger partial charge in [0.1, 0.15) is 32.5 Å². The van der Waals surface area contributed by atoms with E-state index in [2.05, 4.69) is 57.7 Å². The van der Waals surface area contributed by atoms with Crippen LogP contribution in [0.15, 0.2) is 71.7 Å². The fraction of sp³-hybridized carbons (Fsp3) is 0.500. The molecule has 11 heteroatoms. The second kappa shape index (κ2) is 15.5. The summed E-state index contributed by atoms with van der Waals surface area (Å²) in [6.45, 7) is 16.2. The summed E-state index contributed by atoms with van der Waals surface area (Å²) in [7, 11) is -3.03. The van der Waals surface area contributed by atoms with Gasteiger partial charge in [0.15, 0.2) is 0 Å². The van der Waals surface area contributed by atoms with Crippen molar-refractivity contribution >= 4 is 44.9 Å². The zero-order valence-electron chi connectivity index (χ0n) is 31.0. The van der Waals surface area contributed by atoms with Gasteiger partial charge in [-0.1, -0.05) is 88.2 Å². The number of ether oxygens (including phenoxy) is 1. The second-order valence-electron chi connectivity index (χ2n) is 14.7. The van der Waals surface area contributed by atoms with Crippen LogP contribution in [0.2, 0.25) is 10.0 Å². The fourth-order valence-electron chi connectivity index (χ4n) is 7.78. The van der Waals surface area contributed by atoms with Crippen LogP contribution >= 0.6 is 23.2 Å². The number of hydrogen-bond donors (Lipinski definition) is 0. The van der Waals surface area contributed by atoms with Gasteiger partial charge in [-0.2, -0.15) is 0 Å². The lowest BCUT2D eigenvalue weighted by Crippen LogP contribution is -2.62. The van der Waals surface area contributed by atoms with Crippen LogP contribution in [0.5, 0.6) is 5.75 Å². The summed E-state index contributed by atoms with van der Waals surface area (Å²) in [5.41, 5.74) is 1.80. The number of benzene rings is 3. The van der Waals surface area contributed by atoms with E-state index in [0.717, 1.165) is 22.3 Å². The van der Waals surface area contributed by atoms with Gasteiger partial charge < -0.3 is 9.64 Å². The molecule has 5 rings (SSSR count). The molecule has 0 spiro atoms.